The molecule has 1 amide bonds. The molecule has 0 N–H and O–H groups in total. The van der Waals surface area contributed by atoms with E-state index in [0.29, 0.717) is 18.0 Å². The fourth-order valence-corrected chi connectivity index (χ4v) is 3.92. The number of benzene rings is 1. The Kier molecular flexibility index (Phi) is 6.50. The molecular formula is C22H17F3N4O4S. The van der Waals surface area contributed by atoms with Crippen molar-refractivity contribution in [3.8, 4) is 0 Å². The number of alkyl halides is 3. The quantitative estimate of drug-likeness (QED) is 0.337. The van der Waals surface area contributed by atoms with Crippen molar-refractivity contribution in [2.45, 2.75) is 26.3 Å². The molecule has 34 heavy (non-hydrogen) atoms. The number of anilines is 2. The van der Waals surface area contributed by atoms with Crippen molar-refractivity contribution in [3.63, 3.8) is 0 Å². The van der Waals surface area contributed by atoms with Crippen LogP contribution in [0.25, 0.3) is 0 Å². The zero-order chi connectivity index (χ0) is 24.3. The highest BCUT2D eigenvalue weighted by Gasteiger charge is 2.31. The minimum Gasteiger partial charge on any atom is -0.453 e. The van der Waals surface area contributed by atoms with Crippen LogP contribution in [0.3, 0.4) is 0 Å². The fraction of sp³-hybridized carbons (Fsp3) is 0.182. The normalized spacial score (nSPS) is 11.4. The number of hydrogen-bond donors (Lipinski definition) is 0. The average molecular weight is 490 g/mol. The highest BCUT2D eigenvalue weighted by Crippen LogP contribution is 2.35. The third-order valence-electron chi connectivity index (χ3n) is 4.57. The van der Waals surface area contributed by atoms with E-state index in [4.69, 9.17) is 9.15 Å². The Bertz CT molecular complexity index is 1300. The molecule has 0 saturated heterocycles. The molecule has 3 heterocycles. The number of aromatic nitrogens is 3. The van der Waals surface area contributed by atoms with Crippen LogP contribution in [0.5, 0.6) is 0 Å². The van der Waals surface area contributed by atoms with Gasteiger partial charge in [0.2, 0.25) is 11.7 Å². The number of amides is 1. The lowest BCUT2D eigenvalue weighted by atomic mass is 10.2. The van der Waals surface area contributed by atoms with Gasteiger partial charge < -0.3 is 9.15 Å². The van der Waals surface area contributed by atoms with Gasteiger partial charge in [0, 0.05) is 24.7 Å². The van der Waals surface area contributed by atoms with E-state index in [0.717, 1.165) is 28.4 Å². The van der Waals surface area contributed by atoms with Crippen LogP contribution in [0, 0.1) is 0 Å². The summed E-state index contributed by atoms with van der Waals surface area (Å²) in [6, 6.07) is 9.28. The Balaban J connectivity index is 1.43. The van der Waals surface area contributed by atoms with Crippen molar-refractivity contribution in [3.05, 3.63) is 83.0 Å². The zero-order valence-corrected chi connectivity index (χ0v) is 18.5. The predicted octanol–water partition coefficient (Wildman–Crippen LogP) is 5.04. The number of ether oxygens (including phenoxy) is 1. The standard InChI is InChI=1S/C22H17F3N4O4S/c1-14(30)29(17-5-2-4-15(10-17)22(23,24)25)21-27-16(13-34-21)12-32-20(31)19-7-6-18(33-19)11-28-9-3-8-26-28/h2-10,13H,11-12H2,1H3. The number of carbonyl (C=O) groups is 2. The third kappa shape index (κ3) is 5.34. The lowest BCUT2D eigenvalue weighted by Gasteiger charge is -2.19. The van der Waals surface area contributed by atoms with Gasteiger partial charge in [-0.3, -0.25) is 14.4 Å². The first-order valence-corrected chi connectivity index (χ1v) is 10.7. The van der Waals surface area contributed by atoms with Crippen LogP contribution in [-0.2, 0) is 28.9 Å². The van der Waals surface area contributed by atoms with Gasteiger partial charge in [-0.25, -0.2) is 9.78 Å². The van der Waals surface area contributed by atoms with Gasteiger partial charge in [0.1, 0.15) is 12.4 Å². The van der Waals surface area contributed by atoms with E-state index in [1.165, 1.54) is 25.1 Å². The van der Waals surface area contributed by atoms with Crippen LogP contribution >= 0.6 is 11.3 Å². The molecule has 0 aliphatic heterocycles. The van der Waals surface area contributed by atoms with E-state index >= 15 is 0 Å². The smallest absolute Gasteiger partial charge is 0.416 e. The summed E-state index contributed by atoms with van der Waals surface area (Å²) in [5.74, 6) is -0.697. The molecular weight excluding hydrogens is 473 g/mol. The Labute approximate surface area is 195 Å². The number of carbonyl (C=O) groups excluding carboxylic acids is 2. The summed E-state index contributed by atoms with van der Waals surface area (Å²) in [6.45, 7) is 1.37. The van der Waals surface area contributed by atoms with Gasteiger partial charge in [0.05, 0.1) is 23.5 Å². The molecule has 0 spiro atoms. The van der Waals surface area contributed by atoms with Crippen molar-refractivity contribution in [1.82, 2.24) is 14.8 Å². The van der Waals surface area contributed by atoms with Crippen molar-refractivity contribution in [2.24, 2.45) is 0 Å². The monoisotopic (exact) mass is 490 g/mol. The van der Waals surface area contributed by atoms with Crippen LogP contribution in [0.1, 0.15) is 34.5 Å². The Morgan fingerprint density at radius 2 is 2.03 bits per heavy atom. The Hall–Kier alpha value is -3.93. The van der Waals surface area contributed by atoms with Gasteiger partial charge in [-0.05, 0) is 36.4 Å². The molecule has 0 saturated carbocycles. The van der Waals surface area contributed by atoms with Gasteiger partial charge in [-0.2, -0.15) is 18.3 Å². The highest BCUT2D eigenvalue weighted by molar-refractivity contribution is 7.14. The number of furan rings is 1. The Morgan fingerprint density at radius 1 is 1.21 bits per heavy atom. The summed E-state index contributed by atoms with van der Waals surface area (Å²) in [6.07, 6.45) is -1.17. The van der Waals surface area contributed by atoms with Crippen molar-refractivity contribution in [2.75, 3.05) is 4.90 Å². The second-order valence-corrected chi connectivity index (χ2v) is 7.91. The number of thiazole rings is 1. The lowest BCUT2D eigenvalue weighted by Crippen LogP contribution is -2.23. The summed E-state index contributed by atoms with van der Waals surface area (Å²) < 4.78 is 51.6. The van der Waals surface area contributed by atoms with Crippen molar-refractivity contribution >= 4 is 34.0 Å². The molecule has 0 radical (unpaired) electrons. The molecule has 4 aromatic rings. The number of halogens is 3. The van der Waals surface area contributed by atoms with E-state index < -0.39 is 23.6 Å². The van der Waals surface area contributed by atoms with Crippen LogP contribution in [0.15, 0.2) is 64.7 Å². The molecule has 0 aliphatic rings. The zero-order valence-electron chi connectivity index (χ0n) is 17.7. The van der Waals surface area contributed by atoms with Crippen LogP contribution < -0.4 is 4.90 Å². The highest BCUT2D eigenvalue weighted by atomic mass is 32.1. The molecule has 12 heteroatoms. The molecule has 176 valence electrons. The number of esters is 1. The molecule has 3 aromatic heterocycles. The minimum atomic E-state index is -4.55. The minimum absolute atomic E-state index is 0.00642. The van der Waals surface area contributed by atoms with Gasteiger partial charge in [0.15, 0.2) is 5.13 Å². The van der Waals surface area contributed by atoms with Crippen LogP contribution in [0.4, 0.5) is 24.0 Å². The molecule has 0 unspecified atom stereocenters. The second-order valence-electron chi connectivity index (χ2n) is 7.07. The van der Waals surface area contributed by atoms with Crippen LogP contribution in [0.2, 0.25) is 0 Å². The second kappa shape index (κ2) is 9.51. The summed E-state index contributed by atoms with van der Waals surface area (Å²) >= 11 is 1.04. The van der Waals surface area contributed by atoms with E-state index in [1.54, 1.807) is 34.6 Å². The lowest BCUT2D eigenvalue weighted by molar-refractivity contribution is -0.137. The Morgan fingerprint density at radius 3 is 2.74 bits per heavy atom. The molecule has 0 bridgehead atoms. The maximum atomic E-state index is 13.1. The average Bonchev–Trinajstić information content (AvgIpc) is 3.55. The van der Waals surface area contributed by atoms with Gasteiger partial charge in [0.25, 0.3) is 0 Å². The SMILES string of the molecule is CC(=O)N(c1cccc(C(F)(F)F)c1)c1nc(COC(=O)c2ccc(Cn3cccn3)o2)cs1. The van der Waals surface area contributed by atoms with E-state index in [1.807, 2.05) is 0 Å². The van der Waals surface area contributed by atoms with Gasteiger partial charge >= 0.3 is 12.1 Å². The number of hydrogen-bond acceptors (Lipinski definition) is 7. The molecule has 8 nitrogen and oxygen atoms in total. The van der Waals surface area contributed by atoms with E-state index in [2.05, 4.69) is 10.1 Å². The number of nitrogens with zero attached hydrogens (tertiary/aromatic N) is 4. The maximum absolute atomic E-state index is 13.1. The van der Waals surface area contributed by atoms with E-state index in [9.17, 15) is 22.8 Å². The largest absolute Gasteiger partial charge is 0.453 e. The third-order valence-corrected chi connectivity index (χ3v) is 5.44. The predicted molar refractivity (Wildman–Crippen MR) is 116 cm³/mol. The van der Waals surface area contributed by atoms with Crippen molar-refractivity contribution < 1.29 is 31.9 Å². The summed E-state index contributed by atoms with van der Waals surface area (Å²) in [7, 11) is 0. The van der Waals surface area contributed by atoms with Crippen molar-refractivity contribution in [1.29, 1.82) is 0 Å². The fourth-order valence-electron chi connectivity index (χ4n) is 3.05. The first-order valence-electron chi connectivity index (χ1n) is 9.86. The van der Waals surface area contributed by atoms with Crippen LogP contribution in [-0.4, -0.2) is 26.6 Å². The molecule has 4 rings (SSSR count). The van der Waals surface area contributed by atoms with Gasteiger partial charge in [-0.1, -0.05) is 6.07 Å². The summed E-state index contributed by atoms with van der Waals surface area (Å²) in [5, 5.41) is 5.76. The summed E-state index contributed by atoms with van der Waals surface area (Å²) in [4.78, 5) is 29.8. The number of rotatable bonds is 7. The molecule has 0 fully saturated rings. The molecule has 0 atom stereocenters. The molecule has 0 aliphatic carbocycles. The molecule has 1 aromatic carbocycles. The first kappa shape index (κ1) is 23.2. The van der Waals surface area contributed by atoms with Gasteiger partial charge in [-0.15, -0.1) is 11.3 Å². The van der Waals surface area contributed by atoms with E-state index in [-0.39, 0.29) is 23.2 Å². The summed E-state index contributed by atoms with van der Waals surface area (Å²) in [5.41, 5.74) is -0.525. The maximum Gasteiger partial charge on any atom is 0.416 e. The topological polar surface area (TPSA) is 90.5 Å². The first-order chi connectivity index (χ1) is 16.2.